The standard InChI is InChI=1S/C16H25BrN4/c1-4-13(10-9-12(2)11-17)14-7-5-6-8-15(14)16(20-18)21-19-3/h4-8,12,19H,9-11,18H2,1-3H3,(H,20,21)/p+1. The number of benzene rings is 1. The van der Waals surface area contributed by atoms with Crippen molar-refractivity contribution in [2.24, 2.45) is 16.9 Å². The molecule has 5 N–H and O–H groups in total. The number of alkyl halides is 1. The van der Waals surface area contributed by atoms with Crippen molar-refractivity contribution in [2.45, 2.75) is 26.7 Å². The molecule has 1 rings (SSSR count). The molecule has 5 heteroatoms. The second-order valence-electron chi connectivity index (χ2n) is 5.04. The van der Waals surface area contributed by atoms with E-state index in [4.69, 9.17) is 5.84 Å². The number of nitrogens with one attached hydrogen (secondary N) is 1. The molecule has 1 unspecified atom stereocenters. The Hall–Kier alpha value is -1.17. The SMILES string of the molecule is CC=C(CCC(C)CBr)c1ccccc1C(=N[NH2+]C)NN. The van der Waals surface area contributed by atoms with Crippen LogP contribution in [-0.4, -0.2) is 18.2 Å². The van der Waals surface area contributed by atoms with Gasteiger partial charge in [-0.2, -0.15) is 0 Å². The van der Waals surface area contributed by atoms with Crippen LogP contribution >= 0.6 is 15.9 Å². The topological polar surface area (TPSA) is 67.0 Å². The molecule has 4 nitrogen and oxygen atoms in total. The molecule has 0 amide bonds. The van der Waals surface area contributed by atoms with Crippen molar-refractivity contribution in [3.8, 4) is 0 Å². The smallest absolute Gasteiger partial charge is 0.203 e. The Balaban J connectivity index is 3.08. The van der Waals surface area contributed by atoms with Crippen LogP contribution in [0.1, 0.15) is 37.8 Å². The lowest BCUT2D eigenvalue weighted by Crippen LogP contribution is -2.74. The summed E-state index contributed by atoms with van der Waals surface area (Å²) < 4.78 is 0. The summed E-state index contributed by atoms with van der Waals surface area (Å²) in [6, 6.07) is 8.25. The van der Waals surface area contributed by atoms with Gasteiger partial charge < -0.3 is 5.43 Å². The lowest BCUT2D eigenvalue weighted by Gasteiger charge is -2.15. The highest BCUT2D eigenvalue weighted by atomic mass is 79.9. The Labute approximate surface area is 136 Å². The van der Waals surface area contributed by atoms with Crippen molar-refractivity contribution in [2.75, 3.05) is 12.4 Å². The first kappa shape index (κ1) is 17.9. The summed E-state index contributed by atoms with van der Waals surface area (Å²) in [5, 5.41) is 5.36. The van der Waals surface area contributed by atoms with E-state index < -0.39 is 0 Å². The minimum Gasteiger partial charge on any atom is -0.304 e. The fraction of sp³-hybridized carbons (Fsp3) is 0.438. The molecule has 0 fully saturated rings. The van der Waals surface area contributed by atoms with Crippen LogP contribution in [0.2, 0.25) is 0 Å². The van der Waals surface area contributed by atoms with Crippen LogP contribution in [0, 0.1) is 5.92 Å². The number of hydrogen-bond donors (Lipinski definition) is 3. The summed E-state index contributed by atoms with van der Waals surface area (Å²) >= 11 is 3.54. The molecule has 0 aliphatic carbocycles. The Morgan fingerprint density at radius 2 is 2.10 bits per heavy atom. The molecule has 0 saturated carbocycles. The highest BCUT2D eigenvalue weighted by Gasteiger charge is 2.13. The van der Waals surface area contributed by atoms with Gasteiger partial charge in [-0.3, -0.25) is 0 Å². The van der Waals surface area contributed by atoms with Gasteiger partial charge in [0.15, 0.2) is 0 Å². The number of rotatable bonds is 7. The first-order chi connectivity index (χ1) is 10.2. The molecule has 0 aliphatic heterocycles. The number of allylic oxidation sites excluding steroid dienone is 2. The maximum Gasteiger partial charge on any atom is 0.203 e. The largest absolute Gasteiger partial charge is 0.304 e. The third kappa shape index (κ3) is 5.26. The molecule has 0 radical (unpaired) electrons. The van der Waals surface area contributed by atoms with Gasteiger partial charge in [0.05, 0.1) is 7.05 Å². The second-order valence-corrected chi connectivity index (χ2v) is 5.69. The number of hydrogen-bond acceptors (Lipinski definition) is 2. The minimum atomic E-state index is 0.664. The molecule has 0 saturated heterocycles. The van der Waals surface area contributed by atoms with Gasteiger partial charge >= 0.3 is 0 Å². The van der Waals surface area contributed by atoms with Crippen LogP contribution in [-0.2, 0) is 0 Å². The summed E-state index contributed by atoms with van der Waals surface area (Å²) in [5.41, 5.74) is 8.01. The molecule has 0 heterocycles. The lowest BCUT2D eigenvalue weighted by atomic mass is 9.93. The van der Waals surface area contributed by atoms with Crippen LogP contribution in [0.15, 0.2) is 35.4 Å². The normalized spacial score (nSPS) is 14.1. The molecule has 0 aliphatic rings. The fourth-order valence-corrected chi connectivity index (χ4v) is 2.52. The molecule has 0 spiro atoms. The molecule has 21 heavy (non-hydrogen) atoms. The number of amidine groups is 1. The van der Waals surface area contributed by atoms with Gasteiger partial charge in [-0.1, -0.05) is 58.3 Å². The predicted octanol–water partition coefficient (Wildman–Crippen LogP) is 2.22. The van der Waals surface area contributed by atoms with Crippen LogP contribution in [0.4, 0.5) is 0 Å². The van der Waals surface area contributed by atoms with E-state index in [1.54, 1.807) is 5.43 Å². The molecular weight excluding hydrogens is 328 g/mol. The third-order valence-electron chi connectivity index (χ3n) is 3.44. The average Bonchev–Trinajstić information content (AvgIpc) is 2.53. The highest BCUT2D eigenvalue weighted by Crippen LogP contribution is 2.26. The minimum absolute atomic E-state index is 0.664. The predicted molar refractivity (Wildman–Crippen MR) is 94.0 cm³/mol. The van der Waals surface area contributed by atoms with Crippen molar-refractivity contribution >= 4 is 27.3 Å². The first-order valence-electron chi connectivity index (χ1n) is 7.31. The van der Waals surface area contributed by atoms with E-state index in [-0.39, 0.29) is 0 Å². The van der Waals surface area contributed by atoms with Gasteiger partial charge in [0.25, 0.3) is 0 Å². The van der Waals surface area contributed by atoms with Crippen molar-refractivity contribution < 1.29 is 5.43 Å². The monoisotopic (exact) mass is 353 g/mol. The van der Waals surface area contributed by atoms with Crippen molar-refractivity contribution in [1.82, 2.24) is 5.43 Å². The highest BCUT2D eigenvalue weighted by molar-refractivity contribution is 9.09. The van der Waals surface area contributed by atoms with E-state index in [2.05, 4.69) is 64.6 Å². The average molecular weight is 354 g/mol. The van der Waals surface area contributed by atoms with Gasteiger partial charge in [-0.15, -0.1) is 0 Å². The number of quaternary nitrogens is 1. The fourth-order valence-electron chi connectivity index (χ4n) is 2.20. The molecule has 1 aromatic carbocycles. The second kappa shape index (κ2) is 9.71. The molecular formula is C16H26BrN4+. The number of nitrogens with zero attached hydrogens (tertiary/aromatic N) is 1. The van der Waals surface area contributed by atoms with E-state index in [9.17, 15) is 0 Å². The van der Waals surface area contributed by atoms with E-state index in [1.807, 2.05) is 13.1 Å². The van der Waals surface area contributed by atoms with Crippen molar-refractivity contribution in [3.05, 3.63) is 41.5 Å². The van der Waals surface area contributed by atoms with Crippen LogP contribution < -0.4 is 16.7 Å². The van der Waals surface area contributed by atoms with Crippen molar-refractivity contribution in [1.29, 1.82) is 0 Å². The Morgan fingerprint density at radius 3 is 2.62 bits per heavy atom. The number of nitrogens with two attached hydrogens (primary N) is 2. The number of hydrazine groups is 1. The van der Waals surface area contributed by atoms with Crippen LogP contribution in [0.25, 0.3) is 5.57 Å². The summed E-state index contributed by atoms with van der Waals surface area (Å²) in [5.74, 6) is 6.98. The molecule has 116 valence electrons. The maximum absolute atomic E-state index is 5.62. The van der Waals surface area contributed by atoms with Crippen molar-refractivity contribution in [3.63, 3.8) is 0 Å². The van der Waals surface area contributed by atoms with E-state index in [0.717, 1.165) is 23.7 Å². The van der Waals surface area contributed by atoms with E-state index >= 15 is 0 Å². The summed E-state index contributed by atoms with van der Waals surface area (Å²) in [7, 11) is 1.88. The molecule has 1 aromatic rings. The number of halogens is 1. The van der Waals surface area contributed by atoms with Gasteiger partial charge in [0.2, 0.25) is 5.84 Å². The van der Waals surface area contributed by atoms with Gasteiger partial charge in [0, 0.05) is 10.9 Å². The van der Waals surface area contributed by atoms with E-state index in [1.165, 1.54) is 11.1 Å². The van der Waals surface area contributed by atoms with E-state index in [0.29, 0.717) is 11.8 Å². The van der Waals surface area contributed by atoms with Crippen LogP contribution in [0.3, 0.4) is 0 Å². The van der Waals surface area contributed by atoms with Gasteiger partial charge in [-0.25, -0.2) is 11.3 Å². The molecule has 0 bridgehead atoms. The summed E-state index contributed by atoms with van der Waals surface area (Å²) in [6.07, 6.45) is 4.39. The van der Waals surface area contributed by atoms with Crippen LogP contribution in [0.5, 0.6) is 0 Å². The Bertz CT molecular complexity index is 497. The maximum atomic E-state index is 5.62. The summed E-state index contributed by atoms with van der Waals surface area (Å²) in [4.78, 5) is 0. The van der Waals surface area contributed by atoms with Gasteiger partial charge in [-0.05, 0) is 36.8 Å². The lowest BCUT2D eigenvalue weighted by molar-refractivity contribution is -0.633. The summed E-state index contributed by atoms with van der Waals surface area (Å²) in [6.45, 7) is 4.35. The Kier molecular flexibility index (Phi) is 8.27. The zero-order chi connectivity index (χ0) is 15.7. The quantitative estimate of drug-likeness (QED) is 0.231. The first-order valence-corrected chi connectivity index (χ1v) is 8.43. The zero-order valence-corrected chi connectivity index (χ0v) is 14.7. The Morgan fingerprint density at radius 1 is 1.43 bits per heavy atom. The molecule has 0 aromatic heterocycles. The van der Waals surface area contributed by atoms with Gasteiger partial charge in [0.1, 0.15) is 0 Å². The zero-order valence-electron chi connectivity index (χ0n) is 13.1. The third-order valence-corrected chi connectivity index (χ3v) is 4.55. The molecule has 1 atom stereocenters.